The largest absolute Gasteiger partial charge is 0.339 e. The molecule has 1 aliphatic rings. The Balaban J connectivity index is 2.29. The predicted molar refractivity (Wildman–Crippen MR) is 68.6 cm³/mol. The van der Waals surface area contributed by atoms with E-state index in [9.17, 15) is 4.79 Å². The summed E-state index contributed by atoms with van der Waals surface area (Å²) in [5, 5.41) is 2.51. The van der Waals surface area contributed by atoms with Gasteiger partial charge in [0.1, 0.15) is 5.65 Å². The number of fused-ring (bicyclic) bond motifs is 4. The molecule has 0 amide bonds. The third-order valence-corrected chi connectivity index (χ3v) is 4.09. The third-order valence-electron chi connectivity index (χ3n) is 3.13. The predicted octanol–water partition coefficient (Wildman–Crippen LogP) is 1.98. The van der Waals surface area contributed by atoms with Gasteiger partial charge in [-0.2, -0.15) is 0 Å². The number of thioether (sulfide) groups is 1. The fourth-order valence-corrected chi connectivity index (χ4v) is 3.28. The zero-order valence-corrected chi connectivity index (χ0v) is 9.75. The van der Waals surface area contributed by atoms with Gasteiger partial charge in [-0.05, 0) is 6.07 Å². The average molecular weight is 243 g/mol. The van der Waals surface area contributed by atoms with Crippen molar-refractivity contribution in [2.24, 2.45) is 0 Å². The summed E-state index contributed by atoms with van der Waals surface area (Å²) in [4.78, 5) is 20.1. The van der Waals surface area contributed by atoms with Crippen molar-refractivity contribution < 1.29 is 0 Å². The SMILES string of the molecule is O=c1c2c(nc3n1CCS3)[nH]c1ccccc12. The maximum Gasteiger partial charge on any atom is 0.264 e. The van der Waals surface area contributed by atoms with Gasteiger partial charge in [0.15, 0.2) is 5.16 Å². The summed E-state index contributed by atoms with van der Waals surface area (Å²) < 4.78 is 1.77. The van der Waals surface area contributed by atoms with Crippen LogP contribution in [-0.2, 0) is 6.54 Å². The highest BCUT2D eigenvalue weighted by Gasteiger charge is 2.19. The van der Waals surface area contributed by atoms with Crippen LogP contribution < -0.4 is 5.56 Å². The highest BCUT2D eigenvalue weighted by atomic mass is 32.2. The van der Waals surface area contributed by atoms with Crippen LogP contribution in [0.3, 0.4) is 0 Å². The number of benzene rings is 1. The van der Waals surface area contributed by atoms with Crippen LogP contribution in [0.4, 0.5) is 0 Å². The van der Waals surface area contributed by atoms with Crippen LogP contribution in [0.2, 0.25) is 0 Å². The van der Waals surface area contributed by atoms with Crippen molar-refractivity contribution in [1.29, 1.82) is 0 Å². The first kappa shape index (κ1) is 9.30. The number of para-hydroxylation sites is 1. The summed E-state index contributed by atoms with van der Waals surface area (Å²) in [5.74, 6) is 0.937. The van der Waals surface area contributed by atoms with Crippen LogP contribution in [0.15, 0.2) is 34.2 Å². The van der Waals surface area contributed by atoms with Gasteiger partial charge in [0.25, 0.3) is 5.56 Å². The van der Waals surface area contributed by atoms with Crippen molar-refractivity contribution in [2.45, 2.75) is 11.7 Å². The molecule has 4 rings (SSSR count). The Morgan fingerprint density at radius 2 is 2.24 bits per heavy atom. The molecule has 3 aromatic rings. The highest BCUT2D eigenvalue weighted by Crippen LogP contribution is 2.26. The Morgan fingerprint density at radius 3 is 3.18 bits per heavy atom. The van der Waals surface area contributed by atoms with Gasteiger partial charge in [0, 0.05) is 23.2 Å². The molecule has 0 unspecified atom stereocenters. The zero-order valence-electron chi connectivity index (χ0n) is 8.93. The lowest BCUT2D eigenvalue weighted by molar-refractivity contribution is 0.668. The minimum Gasteiger partial charge on any atom is -0.339 e. The number of nitrogens with one attached hydrogen (secondary N) is 1. The molecule has 17 heavy (non-hydrogen) atoms. The topological polar surface area (TPSA) is 50.7 Å². The van der Waals surface area contributed by atoms with E-state index in [1.807, 2.05) is 24.3 Å². The zero-order chi connectivity index (χ0) is 11.4. The molecule has 0 atom stereocenters. The quantitative estimate of drug-likeness (QED) is 0.614. The van der Waals surface area contributed by atoms with E-state index in [0.717, 1.165) is 28.4 Å². The van der Waals surface area contributed by atoms with Crippen molar-refractivity contribution in [3.8, 4) is 0 Å². The molecule has 1 aliphatic heterocycles. The number of hydrogen-bond acceptors (Lipinski definition) is 3. The molecular weight excluding hydrogens is 234 g/mol. The highest BCUT2D eigenvalue weighted by molar-refractivity contribution is 7.99. The molecule has 84 valence electrons. The minimum atomic E-state index is 0.0763. The maximum atomic E-state index is 12.4. The van der Waals surface area contributed by atoms with Crippen LogP contribution in [-0.4, -0.2) is 20.3 Å². The second-order valence-corrected chi connectivity index (χ2v) is 5.16. The van der Waals surface area contributed by atoms with Crippen LogP contribution in [0.1, 0.15) is 0 Å². The Bertz CT molecular complexity index is 802. The second-order valence-electron chi connectivity index (χ2n) is 4.09. The molecule has 0 fully saturated rings. The molecular formula is C12H9N3OS. The maximum absolute atomic E-state index is 12.4. The summed E-state index contributed by atoms with van der Waals surface area (Å²) in [6.45, 7) is 0.765. The molecule has 2 aromatic heterocycles. The minimum absolute atomic E-state index is 0.0763. The van der Waals surface area contributed by atoms with Crippen molar-refractivity contribution in [1.82, 2.24) is 14.5 Å². The fraction of sp³-hybridized carbons (Fsp3) is 0.167. The van der Waals surface area contributed by atoms with E-state index in [0.29, 0.717) is 11.0 Å². The van der Waals surface area contributed by atoms with Gasteiger partial charge in [-0.25, -0.2) is 4.98 Å². The van der Waals surface area contributed by atoms with E-state index >= 15 is 0 Å². The first-order valence-corrected chi connectivity index (χ1v) is 6.47. The van der Waals surface area contributed by atoms with Crippen molar-refractivity contribution >= 4 is 33.7 Å². The number of aromatic amines is 1. The molecule has 1 N–H and O–H groups in total. The molecule has 1 aromatic carbocycles. The van der Waals surface area contributed by atoms with Crippen LogP contribution in [0, 0.1) is 0 Å². The number of rotatable bonds is 0. The van der Waals surface area contributed by atoms with Crippen molar-refractivity contribution in [3.05, 3.63) is 34.6 Å². The van der Waals surface area contributed by atoms with Gasteiger partial charge in [-0.1, -0.05) is 30.0 Å². The standard InChI is InChI=1S/C12H9N3OS/c16-11-9-7-3-1-2-4-8(7)13-10(9)14-12-15(11)5-6-17-12/h1-4,13H,5-6H2. The van der Waals surface area contributed by atoms with Crippen molar-refractivity contribution in [3.63, 3.8) is 0 Å². The van der Waals surface area contributed by atoms with Gasteiger partial charge >= 0.3 is 0 Å². The second kappa shape index (κ2) is 3.13. The lowest BCUT2D eigenvalue weighted by Gasteiger charge is -2.00. The monoisotopic (exact) mass is 243 g/mol. The molecule has 0 saturated heterocycles. The van der Waals surface area contributed by atoms with Gasteiger partial charge in [-0.3, -0.25) is 9.36 Å². The van der Waals surface area contributed by atoms with Crippen LogP contribution in [0.5, 0.6) is 0 Å². The summed E-state index contributed by atoms with van der Waals surface area (Å²) >= 11 is 1.64. The molecule has 0 radical (unpaired) electrons. The van der Waals surface area contributed by atoms with Crippen molar-refractivity contribution in [2.75, 3.05) is 5.75 Å². The Kier molecular flexibility index (Phi) is 1.71. The molecule has 3 heterocycles. The van der Waals surface area contributed by atoms with Crippen LogP contribution in [0.25, 0.3) is 21.9 Å². The first-order chi connectivity index (χ1) is 8.34. The van der Waals surface area contributed by atoms with Gasteiger partial charge in [-0.15, -0.1) is 0 Å². The van der Waals surface area contributed by atoms with Crippen LogP contribution >= 0.6 is 11.8 Å². The normalized spacial score (nSPS) is 14.6. The summed E-state index contributed by atoms with van der Waals surface area (Å²) in [6, 6.07) is 7.84. The Morgan fingerprint density at radius 1 is 1.35 bits per heavy atom. The number of hydrogen-bond donors (Lipinski definition) is 1. The molecule has 0 bridgehead atoms. The molecule has 4 nitrogen and oxygen atoms in total. The van der Waals surface area contributed by atoms with E-state index in [2.05, 4.69) is 9.97 Å². The Hall–Kier alpha value is -1.75. The molecule has 5 heteroatoms. The molecule has 0 saturated carbocycles. The number of nitrogens with zero attached hydrogens (tertiary/aromatic N) is 2. The van der Waals surface area contributed by atoms with E-state index in [1.165, 1.54) is 0 Å². The Labute approximate surface area is 101 Å². The van der Waals surface area contributed by atoms with E-state index < -0.39 is 0 Å². The summed E-state index contributed by atoms with van der Waals surface area (Å²) in [6.07, 6.45) is 0. The van der Waals surface area contributed by atoms with Gasteiger partial charge < -0.3 is 4.98 Å². The average Bonchev–Trinajstić information content (AvgIpc) is 2.92. The van der Waals surface area contributed by atoms with Gasteiger partial charge in [0.2, 0.25) is 0 Å². The number of aromatic nitrogens is 3. The van der Waals surface area contributed by atoms with E-state index in [4.69, 9.17) is 0 Å². The lowest BCUT2D eigenvalue weighted by atomic mass is 10.2. The fourth-order valence-electron chi connectivity index (χ4n) is 2.34. The molecule has 0 aliphatic carbocycles. The first-order valence-electron chi connectivity index (χ1n) is 5.48. The van der Waals surface area contributed by atoms with E-state index in [-0.39, 0.29) is 5.56 Å². The third kappa shape index (κ3) is 1.14. The molecule has 0 spiro atoms. The smallest absolute Gasteiger partial charge is 0.264 e. The van der Waals surface area contributed by atoms with E-state index in [1.54, 1.807) is 16.3 Å². The lowest BCUT2D eigenvalue weighted by Crippen LogP contribution is -2.19. The summed E-state index contributed by atoms with van der Waals surface area (Å²) in [7, 11) is 0. The number of H-pyrrole nitrogens is 1. The van der Waals surface area contributed by atoms with Gasteiger partial charge in [0.05, 0.1) is 5.39 Å². The summed E-state index contributed by atoms with van der Waals surface area (Å²) in [5.41, 5.74) is 1.76.